The van der Waals surface area contributed by atoms with E-state index in [1.54, 1.807) is 11.1 Å². The van der Waals surface area contributed by atoms with Crippen LogP contribution >= 0.6 is 0 Å². The van der Waals surface area contributed by atoms with Crippen molar-refractivity contribution in [2.45, 2.75) is 45.7 Å². The second-order valence-corrected chi connectivity index (χ2v) is 8.07. The SMILES string of the molecule is CC(=O)N(CCC1Nc2cccnc2-n2c1cnc2C(C)C)Cc1ccc(F)cc1F. The molecule has 4 rings (SSSR count). The molecule has 1 unspecified atom stereocenters. The summed E-state index contributed by atoms with van der Waals surface area (Å²) in [5.41, 5.74) is 2.17. The fourth-order valence-corrected chi connectivity index (χ4v) is 3.92. The Balaban J connectivity index is 1.57. The molecule has 1 aliphatic rings. The van der Waals surface area contributed by atoms with Gasteiger partial charge in [-0.3, -0.25) is 9.36 Å². The van der Waals surface area contributed by atoms with E-state index in [2.05, 4.69) is 33.7 Å². The highest BCUT2D eigenvalue weighted by atomic mass is 19.1. The lowest BCUT2D eigenvalue weighted by atomic mass is 10.1. The third-order valence-electron chi connectivity index (χ3n) is 5.53. The topological polar surface area (TPSA) is 63.1 Å². The van der Waals surface area contributed by atoms with Crippen LogP contribution in [0.4, 0.5) is 14.5 Å². The minimum absolute atomic E-state index is 0.0861. The third kappa shape index (κ3) is 4.15. The van der Waals surface area contributed by atoms with Crippen LogP contribution in [0.15, 0.2) is 42.7 Å². The number of anilines is 1. The lowest BCUT2D eigenvalue weighted by Crippen LogP contribution is -2.33. The summed E-state index contributed by atoms with van der Waals surface area (Å²) in [5, 5.41) is 3.50. The Bertz CT molecular complexity index is 1110. The number of nitrogens with zero attached hydrogens (tertiary/aromatic N) is 4. The summed E-state index contributed by atoms with van der Waals surface area (Å²) in [4.78, 5) is 22.9. The molecule has 1 atom stereocenters. The predicted octanol–water partition coefficient (Wildman–Crippen LogP) is 4.57. The summed E-state index contributed by atoms with van der Waals surface area (Å²) in [7, 11) is 0. The first-order valence-electron chi connectivity index (χ1n) is 10.3. The van der Waals surface area contributed by atoms with Crippen molar-refractivity contribution in [3.63, 3.8) is 0 Å². The van der Waals surface area contributed by atoms with Gasteiger partial charge in [-0.2, -0.15) is 0 Å². The number of fused-ring (bicyclic) bond motifs is 3. The Labute approximate surface area is 179 Å². The molecule has 0 fully saturated rings. The van der Waals surface area contributed by atoms with Crippen molar-refractivity contribution in [3.8, 4) is 5.82 Å². The van der Waals surface area contributed by atoms with Gasteiger partial charge < -0.3 is 10.2 Å². The van der Waals surface area contributed by atoms with E-state index < -0.39 is 11.6 Å². The molecule has 1 aromatic carbocycles. The number of pyridine rings is 1. The molecule has 162 valence electrons. The Morgan fingerprint density at radius 1 is 1.26 bits per heavy atom. The number of carbonyl (C=O) groups is 1. The van der Waals surface area contributed by atoms with E-state index in [4.69, 9.17) is 0 Å². The number of benzene rings is 1. The van der Waals surface area contributed by atoms with Crippen molar-refractivity contribution < 1.29 is 13.6 Å². The molecule has 3 heterocycles. The maximum Gasteiger partial charge on any atom is 0.219 e. The van der Waals surface area contributed by atoms with Crippen LogP contribution in [0.25, 0.3) is 5.82 Å². The van der Waals surface area contributed by atoms with E-state index in [0.29, 0.717) is 13.0 Å². The molecule has 0 aliphatic carbocycles. The predicted molar refractivity (Wildman–Crippen MR) is 114 cm³/mol. The molecule has 1 amide bonds. The average molecular weight is 425 g/mol. The van der Waals surface area contributed by atoms with Gasteiger partial charge in [0.15, 0.2) is 5.82 Å². The molecule has 6 nitrogen and oxygen atoms in total. The second-order valence-electron chi connectivity index (χ2n) is 8.07. The molecule has 1 N–H and O–H groups in total. The minimum atomic E-state index is -0.651. The quantitative estimate of drug-likeness (QED) is 0.628. The summed E-state index contributed by atoms with van der Waals surface area (Å²) in [6.07, 6.45) is 4.20. The molecule has 0 saturated heterocycles. The summed E-state index contributed by atoms with van der Waals surface area (Å²) in [6.45, 7) is 6.12. The van der Waals surface area contributed by atoms with Gasteiger partial charge >= 0.3 is 0 Å². The highest BCUT2D eigenvalue weighted by molar-refractivity contribution is 5.73. The van der Waals surface area contributed by atoms with E-state index >= 15 is 0 Å². The largest absolute Gasteiger partial charge is 0.374 e. The minimum Gasteiger partial charge on any atom is -0.374 e. The highest BCUT2D eigenvalue weighted by Crippen LogP contribution is 2.36. The Morgan fingerprint density at radius 3 is 2.77 bits per heavy atom. The van der Waals surface area contributed by atoms with Crippen molar-refractivity contribution in [1.82, 2.24) is 19.4 Å². The van der Waals surface area contributed by atoms with Crippen molar-refractivity contribution in [2.75, 3.05) is 11.9 Å². The Hall–Kier alpha value is -3.29. The first-order valence-corrected chi connectivity index (χ1v) is 10.3. The Kier molecular flexibility index (Phi) is 5.71. The standard InChI is InChI=1S/C23H25F2N5O/c1-14(2)22-27-12-21-19(28-20-5-4-9-26-23(20)30(21)22)8-10-29(15(3)31)13-16-6-7-17(24)11-18(16)25/h4-7,9,11-12,14,19,28H,8,10,13H2,1-3H3. The molecule has 2 aromatic heterocycles. The van der Waals surface area contributed by atoms with Gasteiger partial charge in [0.1, 0.15) is 17.5 Å². The molecule has 1 aliphatic heterocycles. The third-order valence-corrected chi connectivity index (χ3v) is 5.53. The fourth-order valence-electron chi connectivity index (χ4n) is 3.92. The van der Waals surface area contributed by atoms with Crippen molar-refractivity contribution in [3.05, 3.63) is 71.4 Å². The number of carbonyl (C=O) groups excluding carboxylic acids is 1. The molecule has 0 bridgehead atoms. The number of hydrogen-bond acceptors (Lipinski definition) is 4. The lowest BCUT2D eigenvalue weighted by Gasteiger charge is -2.31. The van der Waals surface area contributed by atoms with E-state index in [-0.39, 0.29) is 30.0 Å². The number of halogens is 2. The maximum absolute atomic E-state index is 14.1. The zero-order chi connectivity index (χ0) is 22.1. The molecule has 31 heavy (non-hydrogen) atoms. The molecular weight excluding hydrogens is 400 g/mol. The number of aromatic nitrogens is 3. The number of nitrogens with one attached hydrogen (secondary N) is 1. The van der Waals surface area contributed by atoms with Crippen LogP contribution in [0.3, 0.4) is 0 Å². The van der Waals surface area contributed by atoms with E-state index in [0.717, 1.165) is 29.1 Å². The van der Waals surface area contributed by atoms with Crippen LogP contribution in [-0.2, 0) is 11.3 Å². The average Bonchev–Trinajstić information content (AvgIpc) is 3.18. The first kappa shape index (κ1) is 21.0. The monoisotopic (exact) mass is 425 g/mol. The normalized spacial score (nSPS) is 14.7. The summed E-state index contributed by atoms with van der Waals surface area (Å²) in [5.74, 6) is 0.505. The van der Waals surface area contributed by atoms with Gasteiger partial charge in [-0.25, -0.2) is 18.7 Å². The smallest absolute Gasteiger partial charge is 0.219 e. The van der Waals surface area contributed by atoms with Gasteiger partial charge in [-0.1, -0.05) is 19.9 Å². The molecule has 3 aromatic rings. The van der Waals surface area contributed by atoms with Gasteiger partial charge in [0.2, 0.25) is 5.91 Å². The number of imidazole rings is 1. The zero-order valence-electron chi connectivity index (χ0n) is 17.8. The lowest BCUT2D eigenvalue weighted by molar-refractivity contribution is -0.129. The number of rotatable bonds is 6. The highest BCUT2D eigenvalue weighted by Gasteiger charge is 2.29. The molecule has 0 radical (unpaired) electrons. The summed E-state index contributed by atoms with van der Waals surface area (Å²) < 4.78 is 29.4. The van der Waals surface area contributed by atoms with Gasteiger partial charge in [-0.15, -0.1) is 0 Å². The van der Waals surface area contributed by atoms with Crippen molar-refractivity contribution in [1.29, 1.82) is 0 Å². The van der Waals surface area contributed by atoms with Crippen molar-refractivity contribution in [2.24, 2.45) is 0 Å². The molecule has 8 heteroatoms. The van der Waals surface area contributed by atoms with Crippen LogP contribution in [0.1, 0.15) is 56.2 Å². The van der Waals surface area contributed by atoms with E-state index in [1.807, 2.05) is 18.3 Å². The second kappa shape index (κ2) is 8.45. The summed E-state index contributed by atoms with van der Waals surface area (Å²) >= 11 is 0. The van der Waals surface area contributed by atoms with Crippen LogP contribution < -0.4 is 5.32 Å². The van der Waals surface area contributed by atoms with Gasteiger partial charge in [-0.05, 0) is 24.6 Å². The van der Waals surface area contributed by atoms with Crippen molar-refractivity contribution >= 4 is 11.6 Å². The van der Waals surface area contributed by atoms with Gasteiger partial charge in [0.25, 0.3) is 0 Å². The fraction of sp³-hybridized carbons (Fsp3) is 0.348. The van der Waals surface area contributed by atoms with E-state index in [1.165, 1.54) is 19.1 Å². The summed E-state index contributed by atoms with van der Waals surface area (Å²) in [6, 6.07) is 7.18. The Morgan fingerprint density at radius 2 is 2.06 bits per heavy atom. The van der Waals surface area contributed by atoms with Crippen LogP contribution in [0, 0.1) is 11.6 Å². The number of hydrogen-bond donors (Lipinski definition) is 1. The molecule has 0 saturated carbocycles. The first-order chi connectivity index (χ1) is 14.8. The van der Waals surface area contributed by atoms with Crippen LogP contribution in [0.5, 0.6) is 0 Å². The van der Waals surface area contributed by atoms with Crippen LogP contribution in [0.2, 0.25) is 0 Å². The molecule has 0 spiro atoms. The number of amides is 1. The van der Waals surface area contributed by atoms with Gasteiger partial charge in [0, 0.05) is 43.8 Å². The van der Waals surface area contributed by atoms with Crippen LogP contribution in [-0.4, -0.2) is 31.9 Å². The molecular formula is C23H25F2N5O. The van der Waals surface area contributed by atoms with E-state index in [9.17, 15) is 13.6 Å². The maximum atomic E-state index is 14.1. The van der Waals surface area contributed by atoms with Gasteiger partial charge in [0.05, 0.1) is 23.6 Å². The zero-order valence-corrected chi connectivity index (χ0v) is 17.8.